The number of hydrogen-bond acceptors (Lipinski definition) is 5. The maximum Gasteiger partial charge on any atom is 0.316 e. The molecule has 0 saturated carbocycles. The predicted molar refractivity (Wildman–Crippen MR) is 74.1 cm³/mol. The maximum atomic E-state index is 11.8. The molecule has 0 spiro atoms. The van der Waals surface area contributed by atoms with Crippen molar-refractivity contribution in [2.75, 3.05) is 20.8 Å². The minimum Gasteiger partial charge on any atom is -0.497 e. The Kier molecular flexibility index (Phi) is 6.03. The van der Waals surface area contributed by atoms with E-state index in [0.29, 0.717) is 11.5 Å². The van der Waals surface area contributed by atoms with E-state index in [2.05, 4.69) is 0 Å². The third-order valence-corrected chi connectivity index (χ3v) is 2.97. The lowest BCUT2D eigenvalue weighted by molar-refractivity contribution is -0.151. The number of Topliss-reactive ketones (excluding diaryl/α,β-unsaturated/α-hetero) is 1. The Morgan fingerprint density at radius 2 is 1.90 bits per heavy atom. The van der Waals surface area contributed by atoms with E-state index in [9.17, 15) is 9.59 Å². The summed E-state index contributed by atoms with van der Waals surface area (Å²) in [4.78, 5) is 23.5. The molecule has 5 nitrogen and oxygen atoms in total. The summed E-state index contributed by atoms with van der Waals surface area (Å²) in [5.74, 6) is -0.303. The van der Waals surface area contributed by atoms with E-state index in [-0.39, 0.29) is 18.8 Å². The monoisotopic (exact) mass is 280 g/mol. The van der Waals surface area contributed by atoms with Gasteiger partial charge in [0.1, 0.15) is 23.2 Å². The van der Waals surface area contributed by atoms with E-state index in [1.165, 1.54) is 6.92 Å². The van der Waals surface area contributed by atoms with Gasteiger partial charge in [-0.3, -0.25) is 9.59 Å². The molecule has 0 radical (unpaired) electrons. The van der Waals surface area contributed by atoms with Crippen LogP contribution in [0.25, 0.3) is 0 Å². The Balaban J connectivity index is 3.03. The molecule has 1 aromatic rings. The molecule has 0 aliphatic rings. The van der Waals surface area contributed by atoms with Crippen molar-refractivity contribution in [1.82, 2.24) is 0 Å². The molecule has 0 N–H and O–H groups in total. The van der Waals surface area contributed by atoms with Crippen molar-refractivity contribution in [3.05, 3.63) is 23.8 Å². The molecule has 1 rings (SSSR count). The molecule has 0 aromatic heterocycles. The first-order chi connectivity index (χ1) is 9.53. The van der Waals surface area contributed by atoms with Gasteiger partial charge in [0.25, 0.3) is 0 Å². The van der Waals surface area contributed by atoms with Crippen molar-refractivity contribution >= 4 is 11.8 Å². The van der Waals surface area contributed by atoms with Gasteiger partial charge in [0.2, 0.25) is 0 Å². The molecule has 0 saturated heterocycles. The minimum atomic E-state index is -0.823. The van der Waals surface area contributed by atoms with Crippen LogP contribution < -0.4 is 9.47 Å². The first kappa shape index (κ1) is 16.0. The molecule has 0 fully saturated rings. The van der Waals surface area contributed by atoms with Crippen LogP contribution >= 0.6 is 0 Å². The van der Waals surface area contributed by atoms with Gasteiger partial charge in [-0.1, -0.05) is 0 Å². The lowest BCUT2D eigenvalue weighted by Crippen LogP contribution is -2.26. The van der Waals surface area contributed by atoms with Gasteiger partial charge in [0.05, 0.1) is 20.8 Å². The van der Waals surface area contributed by atoms with Crippen LogP contribution in [0.1, 0.15) is 19.4 Å². The van der Waals surface area contributed by atoms with Crippen LogP contribution in [0.3, 0.4) is 0 Å². The van der Waals surface area contributed by atoms with Gasteiger partial charge in [-0.2, -0.15) is 0 Å². The number of ether oxygens (including phenoxy) is 3. The molecule has 1 atom stereocenters. The Hall–Kier alpha value is -2.04. The van der Waals surface area contributed by atoms with Crippen molar-refractivity contribution in [2.45, 2.75) is 20.3 Å². The standard InChI is InChI=1S/C15H20O5/c1-5-20-15(17)13(10(2)16)9-11-8-12(18-3)6-7-14(11)19-4/h6-8,13H,5,9H2,1-4H3. The molecule has 110 valence electrons. The van der Waals surface area contributed by atoms with E-state index in [4.69, 9.17) is 14.2 Å². The van der Waals surface area contributed by atoms with Crippen molar-refractivity contribution in [3.8, 4) is 11.5 Å². The minimum absolute atomic E-state index is 0.228. The summed E-state index contributed by atoms with van der Waals surface area (Å²) in [6.07, 6.45) is 0.231. The third-order valence-electron chi connectivity index (χ3n) is 2.97. The fraction of sp³-hybridized carbons (Fsp3) is 0.467. The summed E-state index contributed by atoms with van der Waals surface area (Å²) in [7, 11) is 3.10. The largest absolute Gasteiger partial charge is 0.497 e. The highest BCUT2D eigenvalue weighted by atomic mass is 16.5. The molecule has 5 heteroatoms. The molecular weight excluding hydrogens is 260 g/mol. The average molecular weight is 280 g/mol. The molecule has 0 heterocycles. The second-order valence-electron chi connectivity index (χ2n) is 4.30. The van der Waals surface area contributed by atoms with E-state index >= 15 is 0 Å². The summed E-state index contributed by atoms with van der Waals surface area (Å²) in [5.41, 5.74) is 0.736. The van der Waals surface area contributed by atoms with Crippen LogP contribution in [0, 0.1) is 5.92 Å². The zero-order valence-electron chi connectivity index (χ0n) is 12.3. The number of methoxy groups -OCH3 is 2. The van der Waals surface area contributed by atoms with E-state index < -0.39 is 11.9 Å². The summed E-state index contributed by atoms with van der Waals surface area (Å²) >= 11 is 0. The van der Waals surface area contributed by atoms with Crippen LogP contribution in [0.2, 0.25) is 0 Å². The topological polar surface area (TPSA) is 61.8 Å². The first-order valence-corrected chi connectivity index (χ1v) is 6.41. The molecule has 20 heavy (non-hydrogen) atoms. The summed E-state index contributed by atoms with van der Waals surface area (Å²) < 4.78 is 15.3. The van der Waals surface area contributed by atoms with Gasteiger partial charge < -0.3 is 14.2 Å². The average Bonchev–Trinajstić information content (AvgIpc) is 2.44. The zero-order chi connectivity index (χ0) is 15.1. The lowest BCUT2D eigenvalue weighted by atomic mass is 9.95. The molecule has 0 aliphatic carbocycles. The fourth-order valence-electron chi connectivity index (χ4n) is 1.90. The van der Waals surface area contributed by atoms with E-state index in [0.717, 1.165) is 5.56 Å². The Morgan fingerprint density at radius 1 is 1.20 bits per heavy atom. The zero-order valence-corrected chi connectivity index (χ0v) is 12.3. The first-order valence-electron chi connectivity index (χ1n) is 6.41. The molecule has 0 amide bonds. The van der Waals surface area contributed by atoms with Crippen molar-refractivity contribution in [3.63, 3.8) is 0 Å². The summed E-state index contributed by atoms with van der Waals surface area (Å²) in [6.45, 7) is 3.34. The third kappa shape index (κ3) is 3.98. The molecular formula is C15H20O5. The van der Waals surface area contributed by atoms with Crippen LogP contribution in [0.4, 0.5) is 0 Å². The number of hydrogen-bond donors (Lipinski definition) is 0. The second-order valence-corrected chi connectivity index (χ2v) is 4.30. The highest BCUT2D eigenvalue weighted by Crippen LogP contribution is 2.27. The normalized spacial score (nSPS) is 11.6. The number of ketones is 1. The van der Waals surface area contributed by atoms with Gasteiger partial charge in [-0.05, 0) is 44.0 Å². The van der Waals surface area contributed by atoms with Crippen LogP contribution in [0.5, 0.6) is 11.5 Å². The molecule has 0 aliphatic heterocycles. The van der Waals surface area contributed by atoms with Gasteiger partial charge in [0, 0.05) is 0 Å². The Bertz CT molecular complexity index is 481. The van der Waals surface area contributed by atoms with Crippen molar-refractivity contribution in [1.29, 1.82) is 0 Å². The van der Waals surface area contributed by atoms with Crippen LogP contribution in [0.15, 0.2) is 18.2 Å². The number of benzene rings is 1. The van der Waals surface area contributed by atoms with Gasteiger partial charge in [0.15, 0.2) is 0 Å². The van der Waals surface area contributed by atoms with E-state index in [1.807, 2.05) is 0 Å². The molecule has 1 unspecified atom stereocenters. The van der Waals surface area contributed by atoms with Crippen LogP contribution in [-0.4, -0.2) is 32.6 Å². The number of carbonyl (C=O) groups is 2. The fourth-order valence-corrected chi connectivity index (χ4v) is 1.90. The number of esters is 1. The van der Waals surface area contributed by atoms with Crippen molar-refractivity contribution < 1.29 is 23.8 Å². The van der Waals surface area contributed by atoms with Crippen LogP contribution in [-0.2, 0) is 20.7 Å². The summed E-state index contributed by atoms with van der Waals surface area (Å²) in [6, 6.07) is 5.26. The van der Waals surface area contributed by atoms with Crippen molar-refractivity contribution in [2.24, 2.45) is 5.92 Å². The highest BCUT2D eigenvalue weighted by molar-refractivity contribution is 5.98. The smallest absolute Gasteiger partial charge is 0.316 e. The number of carbonyl (C=O) groups excluding carboxylic acids is 2. The highest BCUT2D eigenvalue weighted by Gasteiger charge is 2.26. The quantitative estimate of drug-likeness (QED) is 0.565. The lowest BCUT2D eigenvalue weighted by Gasteiger charge is -2.15. The number of rotatable bonds is 7. The Labute approximate surface area is 118 Å². The Morgan fingerprint density at radius 3 is 2.40 bits per heavy atom. The molecule has 1 aromatic carbocycles. The predicted octanol–water partition coefficient (Wildman–Crippen LogP) is 2.01. The maximum absolute atomic E-state index is 11.8. The van der Waals surface area contributed by atoms with Gasteiger partial charge in [-0.25, -0.2) is 0 Å². The summed E-state index contributed by atoms with van der Waals surface area (Å²) in [5, 5.41) is 0. The SMILES string of the molecule is CCOC(=O)C(Cc1cc(OC)ccc1OC)C(C)=O. The van der Waals surface area contributed by atoms with E-state index in [1.54, 1.807) is 39.3 Å². The second kappa shape index (κ2) is 7.53. The van der Waals surface area contributed by atoms with Gasteiger partial charge in [-0.15, -0.1) is 0 Å². The van der Waals surface area contributed by atoms with Gasteiger partial charge >= 0.3 is 5.97 Å². The molecule has 0 bridgehead atoms.